The molecule has 1 N–H and O–H groups in total. The molecule has 0 amide bonds. The Morgan fingerprint density at radius 2 is 2.46 bits per heavy atom. The van der Waals surface area contributed by atoms with Gasteiger partial charge in [0.25, 0.3) is 0 Å². The van der Waals surface area contributed by atoms with Crippen LogP contribution in [0.3, 0.4) is 0 Å². The second kappa shape index (κ2) is 4.84. The highest BCUT2D eigenvalue weighted by molar-refractivity contribution is 6.31. The van der Waals surface area contributed by atoms with Crippen molar-refractivity contribution in [2.45, 2.75) is 0 Å². The molecular weight excluding hydrogens is 190 g/mol. The first-order chi connectivity index (χ1) is 6.27. The molecule has 0 radical (unpaired) electrons. The van der Waals surface area contributed by atoms with Crippen molar-refractivity contribution in [3.05, 3.63) is 28.9 Å². The molecule has 0 aliphatic heterocycles. The van der Waals surface area contributed by atoms with Gasteiger partial charge in [-0.05, 0) is 11.6 Å². The molecule has 0 fully saturated rings. The largest absolute Gasteiger partial charge is 0.480 e. The van der Waals surface area contributed by atoms with Gasteiger partial charge in [-0.1, -0.05) is 23.8 Å². The highest BCUT2D eigenvalue weighted by Gasteiger charge is 2.00. The lowest BCUT2D eigenvalue weighted by Gasteiger charge is -2.01. The molecule has 1 rings (SSSR count). The smallest absolute Gasteiger partial charge is 0.232 e. The third-order valence-corrected chi connectivity index (χ3v) is 1.71. The second-order valence-corrected chi connectivity index (χ2v) is 2.75. The van der Waals surface area contributed by atoms with Crippen LogP contribution in [0.4, 0.5) is 0 Å². The van der Waals surface area contributed by atoms with Crippen LogP contribution in [-0.4, -0.2) is 23.8 Å². The van der Waals surface area contributed by atoms with Gasteiger partial charge in [-0.15, -0.1) is 0 Å². The summed E-state index contributed by atoms with van der Waals surface area (Å²) in [5.74, 6) is 0.405. The quantitative estimate of drug-likeness (QED) is 0.807. The zero-order chi connectivity index (χ0) is 9.68. The van der Waals surface area contributed by atoms with Gasteiger partial charge in [0.05, 0.1) is 13.7 Å². The summed E-state index contributed by atoms with van der Waals surface area (Å²) in [5.41, 5.74) is 0.833. The van der Waals surface area contributed by atoms with Crippen molar-refractivity contribution in [1.29, 1.82) is 0 Å². The molecule has 3 nitrogen and oxygen atoms in total. The van der Waals surface area contributed by atoms with Gasteiger partial charge in [-0.2, -0.15) is 0 Å². The van der Waals surface area contributed by atoms with E-state index in [1.54, 1.807) is 24.4 Å². The Morgan fingerprint density at radius 3 is 3.00 bits per heavy atom. The van der Waals surface area contributed by atoms with Gasteiger partial charge in [-0.3, -0.25) is 0 Å². The fourth-order valence-electron chi connectivity index (χ4n) is 0.870. The molecule has 13 heavy (non-hydrogen) atoms. The number of rotatable bonds is 3. The molecule has 0 aromatic carbocycles. The highest BCUT2D eigenvalue weighted by Crippen LogP contribution is 2.22. The lowest BCUT2D eigenvalue weighted by atomic mass is 10.2. The maximum absolute atomic E-state index is 8.53. The number of pyridine rings is 1. The van der Waals surface area contributed by atoms with Crippen molar-refractivity contribution in [1.82, 2.24) is 4.98 Å². The average molecular weight is 200 g/mol. The van der Waals surface area contributed by atoms with E-state index in [2.05, 4.69) is 4.98 Å². The number of halogens is 1. The molecule has 0 spiro atoms. The van der Waals surface area contributed by atoms with E-state index >= 15 is 0 Å². The minimum Gasteiger partial charge on any atom is -0.480 e. The molecule has 0 saturated carbocycles. The van der Waals surface area contributed by atoms with Gasteiger partial charge in [0.2, 0.25) is 5.88 Å². The van der Waals surface area contributed by atoms with Crippen molar-refractivity contribution in [3.63, 3.8) is 0 Å². The Hall–Kier alpha value is -1.06. The number of nitrogens with zero attached hydrogens (tertiary/aromatic N) is 1. The zero-order valence-corrected chi connectivity index (χ0v) is 7.95. The van der Waals surface area contributed by atoms with Gasteiger partial charge in [0, 0.05) is 6.20 Å². The summed E-state index contributed by atoms with van der Waals surface area (Å²) in [5, 5.41) is 8.99. The van der Waals surface area contributed by atoms with Gasteiger partial charge < -0.3 is 9.84 Å². The van der Waals surface area contributed by atoms with E-state index in [1.165, 1.54) is 7.11 Å². The van der Waals surface area contributed by atoms with Crippen LogP contribution in [0.2, 0.25) is 5.02 Å². The Kier molecular flexibility index (Phi) is 3.73. The maximum Gasteiger partial charge on any atom is 0.232 e. The van der Waals surface area contributed by atoms with Crippen LogP contribution < -0.4 is 4.74 Å². The van der Waals surface area contributed by atoms with E-state index in [1.807, 2.05) is 0 Å². The molecule has 1 aromatic rings. The molecule has 4 heteroatoms. The summed E-state index contributed by atoms with van der Waals surface area (Å²) >= 11 is 5.82. The number of aliphatic hydroxyl groups excluding tert-OH is 1. The molecule has 1 aromatic heterocycles. The Morgan fingerprint density at radius 1 is 1.69 bits per heavy atom. The van der Waals surface area contributed by atoms with Crippen LogP contribution >= 0.6 is 11.6 Å². The van der Waals surface area contributed by atoms with E-state index < -0.39 is 0 Å². The van der Waals surface area contributed by atoms with E-state index in [4.69, 9.17) is 21.4 Å². The van der Waals surface area contributed by atoms with Crippen molar-refractivity contribution >= 4 is 17.7 Å². The summed E-state index contributed by atoms with van der Waals surface area (Å²) in [7, 11) is 1.51. The van der Waals surface area contributed by atoms with Gasteiger partial charge in [0.1, 0.15) is 5.02 Å². The van der Waals surface area contributed by atoms with Crippen molar-refractivity contribution < 1.29 is 9.84 Å². The number of methoxy groups -OCH3 is 1. The number of aliphatic hydroxyl groups is 1. The van der Waals surface area contributed by atoms with Crippen LogP contribution in [0.25, 0.3) is 6.08 Å². The second-order valence-electron chi connectivity index (χ2n) is 2.34. The van der Waals surface area contributed by atoms with E-state index in [9.17, 15) is 0 Å². The van der Waals surface area contributed by atoms with Gasteiger partial charge in [0.15, 0.2) is 0 Å². The number of ether oxygens (including phenoxy) is 1. The molecule has 0 unspecified atom stereocenters. The molecule has 0 aliphatic rings. The number of aromatic nitrogens is 1. The zero-order valence-electron chi connectivity index (χ0n) is 7.20. The summed E-state index contributed by atoms with van der Waals surface area (Å²) in [6.07, 6.45) is 4.97. The number of hydrogen-bond acceptors (Lipinski definition) is 3. The summed E-state index contributed by atoms with van der Waals surface area (Å²) < 4.78 is 4.89. The Balaban J connectivity index is 2.89. The topological polar surface area (TPSA) is 42.4 Å². The van der Waals surface area contributed by atoms with Crippen molar-refractivity contribution in [2.24, 2.45) is 0 Å². The van der Waals surface area contributed by atoms with Crippen LogP contribution in [-0.2, 0) is 0 Å². The Labute approximate surface area is 81.6 Å². The predicted octanol–water partition coefficient (Wildman–Crippen LogP) is 1.75. The third kappa shape index (κ3) is 2.72. The van der Waals surface area contributed by atoms with Gasteiger partial charge >= 0.3 is 0 Å². The first-order valence-electron chi connectivity index (χ1n) is 3.75. The maximum atomic E-state index is 8.53. The number of hydrogen-bond donors (Lipinski definition) is 1. The summed E-state index contributed by atoms with van der Waals surface area (Å²) in [6, 6.07) is 1.72. The van der Waals surface area contributed by atoms with Crippen LogP contribution in [0.5, 0.6) is 5.88 Å². The van der Waals surface area contributed by atoms with E-state index in [-0.39, 0.29) is 6.61 Å². The molecule has 0 bridgehead atoms. The molecule has 0 aliphatic carbocycles. The average Bonchev–Trinajstić information content (AvgIpc) is 2.15. The molecule has 0 atom stereocenters. The fourth-order valence-corrected chi connectivity index (χ4v) is 1.12. The standard InChI is InChI=1S/C9H10ClNO2/c1-13-9-8(10)5-7(6-11-9)3-2-4-12/h2-3,5-6,12H,4H2,1H3. The van der Waals surface area contributed by atoms with Gasteiger partial charge in [-0.25, -0.2) is 4.98 Å². The molecular formula is C9H10ClNO2. The van der Waals surface area contributed by atoms with E-state index in [0.717, 1.165) is 5.56 Å². The lowest BCUT2D eigenvalue weighted by Crippen LogP contribution is -1.88. The SMILES string of the molecule is COc1ncc(C=CCO)cc1Cl. The first-order valence-corrected chi connectivity index (χ1v) is 4.12. The van der Waals surface area contributed by atoms with Crippen LogP contribution in [0.1, 0.15) is 5.56 Å². The predicted molar refractivity (Wildman–Crippen MR) is 51.9 cm³/mol. The first kappa shape index (κ1) is 10.0. The summed E-state index contributed by atoms with van der Waals surface area (Å²) in [4.78, 5) is 3.96. The highest BCUT2D eigenvalue weighted by atomic mass is 35.5. The fraction of sp³-hybridized carbons (Fsp3) is 0.222. The van der Waals surface area contributed by atoms with Crippen LogP contribution in [0.15, 0.2) is 18.3 Å². The summed E-state index contributed by atoms with van der Waals surface area (Å²) in [6.45, 7) is 0.00362. The molecule has 0 saturated heterocycles. The van der Waals surface area contributed by atoms with Crippen LogP contribution in [0, 0.1) is 0 Å². The van der Waals surface area contributed by atoms with Crippen molar-refractivity contribution in [3.8, 4) is 5.88 Å². The molecule has 1 heterocycles. The minimum atomic E-state index is 0.00362. The third-order valence-electron chi connectivity index (χ3n) is 1.44. The van der Waals surface area contributed by atoms with E-state index in [0.29, 0.717) is 10.9 Å². The normalized spacial score (nSPS) is 10.7. The monoisotopic (exact) mass is 199 g/mol. The van der Waals surface area contributed by atoms with Crippen molar-refractivity contribution in [2.75, 3.05) is 13.7 Å². The Bertz CT molecular complexity index is 312. The molecule has 70 valence electrons. The lowest BCUT2D eigenvalue weighted by molar-refractivity contribution is 0.343. The minimum absolute atomic E-state index is 0.00362.